The molecule has 0 radical (unpaired) electrons. The number of carbonyl (C=O) groups is 2. The molecule has 1 saturated heterocycles. The van der Waals surface area contributed by atoms with Crippen LogP contribution in [0.15, 0.2) is 53.4 Å². The van der Waals surface area contributed by atoms with Gasteiger partial charge in [0.15, 0.2) is 0 Å². The molecular weight excluding hydrogens is 432 g/mol. The first-order valence-electron chi connectivity index (χ1n) is 10.3. The summed E-state index contributed by atoms with van der Waals surface area (Å²) >= 11 is 0. The lowest BCUT2D eigenvalue weighted by Gasteiger charge is -2.41. The van der Waals surface area contributed by atoms with E-state index in [0.29, 0.717) is 24.2 Å². The molecule has 1 unspecified atom stereocenters. The van der Waals surface area contributed by atoms with Crippen LogP contribution < -0.4 is 15.4 Å². The Kier molecular flexibility index (Phi) is 7.49. The van der Waals surface area contributed by atoms with Crippen molar-refractivity contribution < 1.29 is 22.7 Å². The van der Waals surface area contributed by atoms with Crippen LogP contribution in [0, 0.1) is 0 Å². The van der Waals surface area contributed by atoms with Crippen molar-refractivity contribution in [2.24, 2.45) is 5.14 Å². The van der Waals surface area contributed by atoms with Crippen molar-refractivity contribution in [3.63, 3.8) is 0 Å². The van der Waals surface area contributed by atoms with Crippen molar-refractivity contribution in [1.29, 1.82) is 0 Å². The normalized spacial score (nSPS) is 17.1. The van der Waals surface area contributed by atoms with E-state index < -0.39 is 10.0 Å². The summed E-state index contributed by atoms with van der Waals surface area (Å²) in [5.41, 5.74) is 2.09. The number of primary sulfonamides is 1. The number of nitrogens with two attached hydrogens (primary N) is 1. The molecule has 0 saturated carbocycles. The maximum atomic E-state index is 12.3. The van der Waals surface area contributed by atoms with Crippen LogP contribution in [0.2, 0.25) is 0 Å². The van der Waals surface area contributed by atoms with Gasteiger partial charge >= 0.3 is 5.97 Å². The predicted octanol–water partition coefficient (Wildman–Crippen LogP) is 1.66. The first kappa shape index (κ1) is 23.7. The van der Waals surface area contributed by atoms with Gasteiger partial charge in [-0.05, 0) is 55.5 Å². The Balaban J connectivity index is 1.48. The number of rotatable bonds is 7. The van der Waals surface area contributed by atoms with Gasteiger partial charge in [-0.1, -0.05) is 0 Å². The molecule has 0 spiro atoms. The summed E-state index contributed by atoms with van der Waals surface area (Å²) in [6.07, 6.45) is 0.328. The molecule has 1 atom stereocenters. The van der Waals surface area contributed by atoms with Gasteiger partial charge in [0, 0.05) is 50.0 Å². The largest absolute Gasteiger partial charge is 0.465 e. The number of hydrogen-bond donors (Lipinski definition) is 2. The van der Waals surface area contributed by atoms with Gasteiger partial charge in [0.25, 0.3) is 0 Å². The van der Waals surface area contributed by atoms with Crippen LogP contribution in [-0.4, -0.2) is 64.5 Å². The molecule has 1 fully saturated rings. The van der Waals surface area contributed by atoms with Gasteiger partial charge < -0.3 is 15.0 Å². The standard InChI is InChI=1S/C22H28N4O5S/c1-16-15-26(19-7-3-17(4-8-19)22(28)31-2)14-13-25(16)12-11-21(27)24-18-5-9-20(10-6-18)32(23,29)30/h3-10,16H,11-15H2,1-2H3,(H,24,27)(H2,23,29,30). The maximum Gasteiger partial charge on any atom is 0.337 e. The summed E-state index contributed by atoms with van der Waals surface area (Å²) in [5, 5.41) is 7.86. The van der Waals surface area contributed by atoms with E-state index >= 15 is 0 Å². The van der Waals surface area contributed by atoms with E-state index in [2.05, 4.69) is 22.0 Å². The van der Waals surface area contributed by atoms with Crippen LogP contribution >= 0.6 is 0 Å². The minimum atomic E-state index is -3.75. The lowest BCUT2D eigenvalue weighted by atomic mass is 10.1. The number of amides is 1. The average molecular weight is 461 g/mol. The van der Waals surface area contributed by atoms with E-state index in [4.69, 9.17) is 9.88 Å². The van der Waals surface area contributed by atoms with Crippen molar-refractivity contribution in [2.45, 2.75) is 24.3 Å². The SMILES string of the molecule is COC(=O)c1ccc(N2CCN(CCC(=O)Nc3ccc(S(N)(=O)=O)cc3)C(C)C2)cc1. The summed E-state index contributed by atoms with van der Waals surface area (Å²) < 4.78 is 27.3. The van der Waals surface area contributed by atoms with Crippen molar-refractivity contribution in [2.75, 3.05) is 43.5 Å². The number of benzene rings is 2. The Morgan fingerprint density at radius 1 is 1.09 bits per heavy atom. The van der Waals surface area contributed by atoms with Gasteiger partial charge in [-0.15, -0.1) is 0 Å². The second kappa shape index (κ2) is 10.1. The minimum absolute atomic E-state index is 0.00197. The molecule has 2 aromatic carbocycles. The van der Waals surface area contributed by atoms with Gasteiger partial charge in [0.2, 0.25) is 15.9 Å². The zero-order valence-electron chi connectivity index (χ0n) is 18.2. The predicted molar refractivity (Wildman–Crippen MR) is 122 cm³/mol. The number of piperazine rings is 1. The number of carbonyl (C=O) groups excluding carboxylic acids is 2. The monoisotopic (exact) mass is 460 g/mol. The highest BCUT2D eigenvalue weighted by Gasteiger charge is 2.24. The maximum absolute atomic E-state index is 12.3. The molecule has 3 N–H and O–H groups in total. The van der Waals surface area contributed by atoms with Crippen LogP contribution in [0.3, 0.4) is 0 Å². The fourth-order valence-electron chi connectivity index (χ4n) is 3.68. The summed E-state index contributed by atoms with van der Waals surface area (Å²) in [6, 6.07) is 13.4. The number of sulfonamides is 1. The molecule has 32 heavy (non-hydrogen) atoms. The summed E-state index contributed by atoms with van der Waals surface area (Å²) in [7, 11) is -2.39. The molecule has 0 aliphatic carbocycles. The van der Waals surface area contributed by atoms with Gasteiger partial charge in [-0.2, -0.15) is 0 Å². The van der Waals surface area contributed by atoms with Crippen molar-refractivity contribution in [3.8, 4) is 0 Å². The first-order valence-corrected chi connectivity index (χ1v) is 11.8. The highest BCUT2D eigenvalue weighted by Crippen LogP contribution is 2.20. The molecular formula is C22H28N4O5S. The zero-order valence-corrected chi connectivity index (χ0v) is 19.0. The third kappa shape index (κ3) is 6.06. The van der Waals surface area contributed by atoms with E-state index in [1.54, 1.807) is 12.1 Å². The third-order valence-electron chi connectivity index (χ3n) is 5.51. The molecule has 1 aliphatic rings. The van der Waals surface area contributed by atoms with Crippen LogP contribution in [0.25, 0.3) is 0 Å². The Labute approximate surface area is 188 Å². The van der Waals surface area contributed by atoms with Gasteiger partial charge in [-0.25, -0.2) is 18.4 Å². The molecule has 1 heterocycles. The molecule has 1 aliphatic heterocycles. The van der Waals surface area contributed by atoms with Crippen LogP contribution in [-0.2, 0) is 19.6 Å². The Morgan fingerprint density at radius 2 is 1.75 bits per heavy atom. The molecule has 172 valence electrons. The second-order valence-electron chi connectivity index (χ2n) is 7.74. The first-order chi connectivity index (χ1) is 15.2. The Hall–Kier alpha value is -2.95. The van der Waals surface area contributed by atoms with Crippen LogP contribution in [0.5, 0.6) is 0 Å². The number of hydrogen-bond acceptors (Lipinski definition) is 7. The molecule has 2 aromatic rings. The van der Waals surface area contributed by atoms with E-state index in [9.17, 15) is 18.0 Å². The molecule has 3 rings (SSSR count). The van der Waals surface area contributed by atoms with Crippen molar-refractivity contribution >= 4 is 33.3 Å². The second-order valence-corrected chi connectivity index (χ2v) is 9.30. The molecule has 0 aromatic heterocycles. The average Bonchev–Trinajstić information content (AvgIpc) is 2.77. The Morgan fingerprint density at radius 3 is 2.31 bits per heavy atom. The van der Waals surface area contributed by atoms with Crippen LogP contribution in [0.4, 0.5) is 11.4 Å². The number of anilines is 2. The number of nitrogens with one attached hydrogen (secondary N) is 1. The summed E-state index contributed by atoms with van der Waals surface area (Å²) in [4.78, 5) is 28.4. The van der Waals surface area contributed by atoms with E-state index in [1.165, 1.54) is 31.4 Å². The van der Waals surface area contributed by atoms with Crippen molar-refractivity contribution in [1.82, 2.24) is 4.90 Å². The fourth-order valence-corrected chi connectivity index (χ4v) is 4.20. The van der Waals surface area contributed by atoms with Gasteiger partial charge in [0.1, 0.15) is 0 Å². The van der Waals surface area contributed by atoms with Crippen LogP contribution in [0.1, 0.15) is 23.7 Å². The highest BCUT2D eigenvalue weighted by molar-refractivity contribution is 7.89. The summed E-state index contributed by atoms with van der Waals surface area (Å²) in [5.74, 6) is -0.491. The minimum Gasteiger partial charge on any atom is -0.465 e. The van der Waals surface area contributed by atoms with E-state index in [-0.39, 0.29) is 22.8 Å². The quantitative estimate of drug-likeness (QED) is 0.603. The lowest BCUT2D eigenvalue weighted by molar-refractivity contribution is -0.116. The molecule has 9 nitrogen and oxygen atoms in total. The lowest BCUT2D eigenvalue weighted by Crippen LogP contribution is -2.52. The topological polar surface area (TPSA) is 122 Å². The number of ether oxygens (including phenoxy) is 1. The highest BCUT2D eigenvalue weighted by atomic mass is 32.2. The Bertz CT molecular complexity index is 1050. The fraction of sp³-hybridized carbons (Fsp3) is 0.364. The summed E-state index contributed by atoms with van der Waals surface area (Å²) in [6.45, 7) is 5.19. The zero-order chi connectivity index (χ0) is 23.3. The number of methoxy groups -OCH3 is 1. The van der Waals surface area contributed by atoms with Gasteiger partial charge in [-0.3, -0.25) is 9.69 Å². The molecule has 1 amide bonds. The molecule has 10 heteroatoms. The number of nitrogens with zero attached hydrogens (tertiary/aromatic N) is 2. The van der Waals surface area contributed by atoms with E-state index in [0.717, 1.165) is 25.3 Å². The van der Waals surface area contributed by atoms with E-state index in [1.807, 2.05) is 12.1 Å². The van der Waals surface area contributed by atoms with Crippen molar-refractivity contribution in [3.05, 3.63) is 54.1 Å². The molecule has 0 bridgehead atoms. The number of esters is 1. The smallest absolute Gasteiger partial charge is 0.337 e. The van der Waals surface area contributed by atoms with Gasteiger partial charge in [0.05, 0.1) is 17.6 Å². The third-order valence-corrected chi connectivity index (χ3v) is 6.44.